The molecular weight excluding hydrogens is 399 g/mol. The van der Waals surface area contributed by atoms with Crippen molar-refractivity contribution >= 4 is 11.8 Å². The van der Waals surface area contributed by atoms with Crippen LogP contribution < -0.4 is 5.63 Å². The van der Waals surface area contributed by atoms with Crippen LogP contribution in [-0.4, -0.2) is 10.9 Å². The summed E-state index contributed by atoms with van der Waals surface area (Å²) in [6.45, 7) is 11.6. The van der Waals surface area contributed by atoms with Crippen molar-refractivity contribution in [1.82, 2.24) is 0 Å². The van der Waals surface area contributed by atoms with Crippen molar-refractivity contribution in [2.75, 3.05) is 5.75 Å². The third-order valence-corrected chi connectivity index (χ3v) is 5.75. The van der Waals surface area contributed by atoms with Crippen molar-refractivity contribution in [3.8, 4) is 16.9 Å². The lowest BCUT2D eigenvalue weighted by Crippen LogP contribution is -2.10. The Morgan fingerprint density at radius 1 is 1.00 bits per heavy atom. The largest absolute Gasteiger partial charge is 0.507 e. The number of hydrogen-bond acceptors (Lipinski definition) is 4. The monoisotopic (exact) mass is 428 g/mol. The summed E-state index contributed by atoms with van der Waals surface area (Å²) < 4.78 is 18.9. The van der Waals surface area contributed by atoms with Gasteiger partial charge in [0.1, 0.15) is 22.9 Å². The van der Waals surface area contributed by atoms with Crippen molar-refractivity contribution < 1.29 is 13.9 Å². The van der Waals surface area contributed by atoms with Gasteiger partial charge in [-0.3, -0.25) is 0 Å². The fourth-order valence-electron chi connectivity index (χ4n) is 3.51. The second-order valence-corrected chi connectivity index (χ2v) is 8.16. The van der Waals surface area contributed by atoms with Gasteiger partial charge in [-0.15, -0.1) is 11.8 Å². The molecule has 2 aromatic carbocycles. The normalized spacial score (nSPS) is 10.5. The van der Waals surface area contributed by atoms with Crippen molar-refractivity contribution in [2.45, 2.75) is 52.9 Å². The highest BCUT2D eigenvalue weighted by atomic mass is 32.2. The van der Waals surface area contributed by atoms with Gasteiger partial charge < -0.3 is 9.52 Å². The van der Waals surface area contributed by atoms with Crippen molar-refractivity contribution in [1.29, 1.82) is 0 Å². The predicted molar refractivity (Wildman–Crippen MR) is 123 cm³/mol. The van der Waals surface area contributed by atoms with Gasteiger partial charge in [0.15, 0.2) is 0 Å². The molecule has 3 nitrogen and oxygen atoms in total. The van der Waals surface area contributed by atoms with Crippen LogP contribution in [0, 0.1) is 33.5 Å². The maximum absolute atomic E-state index is 13.3. The molecular formula is C25H29FO3S. The minimum absolute atomic E-state index is 0.0305. The second-order valence-electron chi connectivity index (χ2n) is 6.99. The van der Waals surface area contributed by atoms with E-state index in [1.807, 2.05) is 52.8 Å². The number of hydrogen-bond donors (Lipinski definition) is 1. The summed E-state index contributed by atoms with van der Waals surface area (Å²) in [6, 6.07) is 10.3. The lowest BCUT2D eigenvalue weighted by Gasteiger charge is -2.14. The molecule has 0 aliphatic carbocycles. The van der Waals surface area contributed by atoms with Gasteiger partial charge in [0.25, 0.3) is 0 Å². The molecule has 1 N–H and O–H groups in total. The summed E-state index contributed by atoms with van der Waals surface area (Å²) in [7, 11) is 0. The zero-order valence-corrected chi connectivity index (χ0v) is 19.2. The van der Waals surface area contributed by atoms with E-state index in [4.69, 9.17) is 4.42 Å². The maximum atomic E-state index is 13.3. The minimum atomic E-state index is -0.538. The summed E-state index contributed by atoms with van der Waals surface area (Å²) in [5.74, 6) is 0.752. The molecule has 0 radical (unpaired) electrons. The third-order valence-electron chi connectivity index (χ3n) is 4.75. The number of rotatable bonds is 5. The first-order valence-electron chi connectivity index (χ1n) is 10.1. The van der Waals surface area contributed by atoms with E-state index in [0.717, 1.165) is 27.1 Å². The average molecular weight is 429 g/mol. The van der Waals surface area contributed by atoms with Crippen LogP contribution in [0.15, 0.2) is 50.5 Å². The molecule has 0 unspecified atom stereocenters. The number of halogens is 1. The van der Waals surface area contributed by atoms with Crippen LogP contribution >= 0.6 is 11.8 Å². The Morgan fingerprint density at radius 3 is 2.23 bits per heavy atom. The zero-order valence-electron chi connectivity index (χ0n) is 18.4. The second kappa shape index (κ2) is 10.5. The van der Waals surface area contributed by atoms with E-state index < -0.39 is 5.63 Å². The standard InChI is InChI=1S/C23H23FO3S.C2H6/c1-13-10-14(2)20(15(3)11-13)21-22(25)16(4)19(27-23(21)26)8-9-28-18-7-5-6-17(24)12-18;1-2/h5-7,10-12,25H,8-9H2,1-4H3;1-2H3. The van der Waals surface area contributed by atoms with Gasteiger partial charge in [-0.25, -0.2) is 9.18 Å². The molecule has 0 spiro atoms. The lowest BCUT2D eigenvalue weighted by molar-refractivity contribution is 0.423. The smallest absolute Gasteiger partial charge is 0.347 e. The van der Waals surface area contributed by atoms with Gasteiger partial charge >= 0.3 is 5.63 Å². The molecule has 0 aliphatic rings. The van der Waals surface area contributed by atoms with E-state index in [0.29, 0.717) is 23.5 Å². The van der Waals surface area contributed by atoms with Crippen molar-refractivity contribution in [3.63, 3.8) is 0 Å². The SMILES string of the molecule is CC.Cc1cc(C)c(-c2c(O)c(C)c(CCSc3cccc(F)c3)oc2=O)c(C)c1. The van der Waals surface area contributed by atoms with Crippen LogP contribution in [0.5, 0.6) is 5.75 Å². The quantitative estimate of drug-likeness (QED) is 0.457. The fraction of sp³-hybridized carbons (Fsp3) is 0.320. The van der Waals surface area contributed by atoms with Crippen LogP contribution in [0.4, 0.5) is 4.39 Å². The molecule has 0 bridgehead atoms. The van der Waals surface area contributed by atoms with E-state index in [1.165, 1.54) is 23.9 Å². The Hall–Kier alpha value is -2.53. The molecule has 5 heteroatoms. The average Bonchev–Trinajstić information content (AvgIpc) is 2.69. The van der Waals surface area contributed by atoms with Crippen LogP contribution in [0.3, 0.4) is 0 Å². The van der Waals surface area contributed by atoms with E-state index >= 15 is 0 Å². The molecule has 3 aromatic rings. The van der Waals surface area contributed by atoms with Gasteiger partial charge in [0, 0.05) is 22.6 Å². The van der Waals surface area contributed by atoms with Crippen LogP contribution in [0.2, 0.25) is 0 Å². The van der Waals surface area contributed by atoms with Crippen LogP contribution in [-0.2, 0) is 6.42 Å². The van der Waals surface area contributed by atoms with Gasteiger partial charge in [-0.05, 0) is 62.6 Å². The molecule has 1 heterocycles. The number of thioether (sulfide) groups is 1. The topological polar surface area (TPSA) is 50.4 Å². The minimum Gasteiger partial charge on any atom is -0.507 e. The Balaban J connectivity index is 0.00000155. The molecule has 0 atom stereocenters. The van der Waals surface area contributed by atoms with Crippen LogP contribution in [0.1, 0.15) is 41.9 Å². The van der Waals surface area contributed by atoms with E-state index in [1.54, 1.807) is 13.0 Å². The van der Waals surface area contributed by atoms with Crippen molar-refractivity contribution in [2.24, 2.45) is 0 Å². The maximum Gasteiger partial charge on any atom is 0.347 e. The third kappa shape index (κ3) is 5.33. The highest BCUT2D eigenvalue weighted by Crippen LogP contribution is 2.35. The Bertz CT molecular complexity index is 1060. The molecule has 0 saturated carbocycles. The molecule has 0 aliphatic heterocycles. The molecule has 30 heavy (non-hydrogen) atoms. The first kappa shape index (κ1) is 23.7. The fourth-order valence-corrected chi connectivity index (χ4v) is 4.40. The molecule has 0 amide bonds. The first-order valence-corrected chi connectivity index (χ1v) is 11.1. The van der Waals surface area contributed by atoms with Gasteiger partial charge in [0.2, 0.25) is 0 Å². The highest BCUT2D eigenvalue weighted by Gasteiger charge is 2.21. The van der Waals surface area contributed by atoms with E-state index in [2.05, 4.69) is 0 Å². The molecule has 1 aromatic heterocycles. The Labute approximate surface area is 182 Å². The Morgan fingerprint density at radius 2 is 1.63 bits per heavy atom. The molecule has 160 valence electrons. The summed E-state index contributed by atoms with van der Waals surface area (Å²) >= 11 is 1.47. The predicted octanol–water partition coefficient (Wildman–Crippen LogP) is 6.75. The Kier molecular flexibility index (Phi) is 8.30. The summed E-state index contributed by atoms with van der Waals surface area (Å²) in [5, 5.41) is 10.8. The molecule has 3 rings (SSSR count). The number of aryl methyl sites for hydroxylation is 4. The molecule has 0 fully saturated rings. The first-order chi connectivity index (χ1) is 14.3. The van der Waals surface area contributed by atoms with Crippen LogP contribution in [0.25, 0.3) is 11.1 Å². The van der Waals surface area contributed by atoms with Crippen molar-refractivity contribution in [3.05, 3.63) is 80.6 Å². The highest BCUT2D eigenvalue weighted by molar-refractivity contribution is 7.99. The van der Waals surface area contributed by atoms with E-state index in [9.17, 15) is 14.3 Å². The summed E-state index contributed by atoms with van der Waals surface area (Å²) in [4.78, 5) is 13.5. The van der Waals surface area contributed by atoms with Gasteiger partial charge in [-0.1, -0.05) is 37.6 Å². The zero-order chi connectivity index (χ0) is 22.4. The van der Waals surface area contributed by atoms with Gasteiger partial charge in [-0.2, -0.15) is 0 Å². The molecule has 0 saturated heterocycles. The number of aromatic hydroxyl groups is 1. The summed E-state index contributed by atoms with van der Waals surface area (Å²) in [5.41, 5.74) is 3.92. The number of benzene rings is 2. The van der Waals surface area contributed by atoms with E-state index in [-0.39, 0.29) is 17.1 Å². The lowest BCUT2D eigenvalue weighted by atomic mass is 9.93. The van der Waals surface area contributed by atoms with Gasteiger partial charge in [0.05, 0.1) is 0 Å². The summed E-state index contributed by atoms with van der Waals surface area (Å²) in [6.07, 6.45) is 0.460.